The van der Waals surface area contributed by atoms with Crippen LogP contribution in [0.5, 0.6) is 0 Å². The molecule has 0 aliphatic carbocycles. The van der Waals surface area contributed by atoms with Gasteiger partial charge in [0, 0.05) is 31.4 Å². The van der Waals surface area contributed by atoms with Crippen molar-refractivity contribution >= 4 is 40.7 Å². The maximum absolute atomic E-state index is 12.6. The van der Waals surface area contributed by atoms with E-state index in [1.165, 1.54) is 0 Å². The third-order valence-corrected chi connectivity index (χ3v) is 4.99. The van der Waals surface area contributed by atoms with Crippen LogP contribution in [-0.4, -0.2) is 42.4 Å². The summed E-state index contributed by atoms with van der Waals surface area (Å²) < 4.78 is 0. The molecule has 0 radical (unpaired) electrons. The monoisotopic (exact) mass is 341 g/mol. The largest absolute Gasteiger partial charge is 0.340 e. The zero-order valence-corrected chi connectivity index (χ0v) is 13.5. The van der Waals surface area contributed by atoms with Crippen molar-refractivity contribution in [3.8, 4) is 0 Å². The standard InChI is InChI=1S/C15H17Cl2N3O2/c16-12-2-1-10(7-13(12)17)20-6-4-11(15(20)22)14(21)19-5-3-9(18)8-19/h1-2,7,9,11H,3-6,8,18H2/t9-,11?/m1/s1. The van der Waals surface area contributed by atoms with Gasteiger partial charge >= 0.3 is 0 Å². The maximum Gasteiger partial charge on any atom is 0.239 e. The molecule has 3 rings (SSSR count). The zero-order chi connectivity index (χ0) is 15.9. The summed E-state index contributed by atoms with van der Waals surface area (Å²) in [5.74, 6) is -0.899. The van der Waals surface area contributed by atoms with Crippen LogP contribution in [0.1, 0.15) is 12.8 Å². The van der Waals surface area contributed by atoms with E-state index >= 15 is 0 Å². The van der Waals surface area contributed by atoms with E-state index in [0.717, 1.165) is 6.42 Å². The summed E-state index contributed by atoms with van der Waals surface area (Å²) in [6.07, 6.45) is 1.31. The van der Waals surface area contributed by atoms with Gasteiger partial charge < -0.3 is 15.5 Å². The molecule has 2 saturated heterocycles. The van der Waals surface area contributed by atoms with Gasteiger partial charge in [-0.25, -0.2) is 0 Å². The van der Waals surface area contributed by atoms with Crippen LogP contribution in [0.2, 0.25) is 10.0 Å². The molecule has 0 spiro atoms. The third-order valence-electron chi connectivity index (χ3n) is 4.25. The summed E-state index contributed by atoms with van der Waals surface area (Å²) in [6, 6.07) is 5.07. The number of likely N-dealkylation sites (tertiary alicyclic amines) is 1. The van der Waals surface area contributed by atoms with E-state index in [9.17, 15) is 9.59 Å². The Morgan fingerprint density at radius 1 is 1.18 bits per heavy atom. The molecular formula is C15H17Cl2N3O2. The van der Waals surface area contributed by atoms with Crippen LogP contribution in [0, 0.1) is 5.92 Å². The minimum atomic E-state index is -0.611. The number of amides is 2. The molecule has 0 aromatic heterocycles. The number of halogens is 2. The molecule has 2 fully saturated rings. The van der Waals surface area contributed by atoms with Gasteiger partial charge in [-0.1, -0.05) is 23.2 Å². The highest BCUT2D eigenvalue weighted by atomic mass is 35.5. The van der Waals surface area contributed by atoms with Gasteiger partial charge in [0.05, 0.1) is 10.0 Å². The van der Waals surface area contributed by atoms with Gasteiger partial charge in [0.25, 0.3) is 0 Å². The topological polar surface area (TPSA) is 66.6 Å². The van der Waals surface area contributed by atoms with Crippen molar-refractivity contribution in [2.75, 3.05) is 24.5 Å². The molecule has 2 aliphatic heterocycles. The summed E-state index contributed by atoms with van der Waals surface area (Å²) in [4.78, 5) is 28.3. The van der Waals surface area contributed by atoms with Crippen LogP contribution in [-0.2, 0) is 9.59 Å². The summed E-state index contributed by atoms with van der Waals surface area (Å²) in [6.45, 7) is 1.68. The van der Waals surface area contributed by atoms with Crippen molar-refractivity contribution in [2.24, 2.45) is 11.7 Å². The van der Waals surface area contributed by atoms with E-state index < -0.39 is 5.92 Å². The van der Waals surface area contributed by atoms with E-state index in [1.807, 2.05) is 0 Å². The number of nitrogens with two attached hydrogens (primary N) is 1. The normalized spacial score (nSPS) is 25.1. The van der Waals surface area contributed by atoms with E-state index in [2.05, 4.69) is 0 Å². The molecule has 0 bridgehead atoms. The van der Waals surface area contributed by atoms with Crippen LogP contribution in [0.3, 0.4) is 0 Å². The molecule has 7 heteroatoms. The van der Waals surface area contributed by atoms with Crippen LogP contribution < -0.4 is 10.6 Å². The van der Waals surface area contributed by atoms with E-state index in [-0.39, 0.29) is 17.9 Å². The number of nitrogens with zero attached hydrogens (tertiary/aromatic N) is 2. The van der Waals surface area contributed by atoms with Gasteiger partial charge in [0.15, 0.2) is 0 Å². The fourth-order valence-electron chi connectivity index (χ4n) is 3.03. The van der Waals surface area contributed by atoms with Gasteiger partial charge in [-0.15, -0.1) is 0 Å². The van der Waals surface area contributed by atoms with E-state index in [0.29, 0.717) is 41.8 Å². The fourth-order valence-corrected chi connectivity index (χ4v) is 3.32. The van der Waals surface area contributed by atoms with Crippen LogP contribution >= 0.6 is 23.2 Å². The second-order valence-corrected chi connectivity index (χ2v) is 6.58. The predicted octanol–water partition coefficient (Wildman–Crippen LogP) is 1.91. The molecular weight excluding hydrogens is 325 g/mol. The quantitative estimate of drug-likeness (QED) is 0.835. The lowest BCUT2D eigenvalue weighted by Gasteiger charge is -2.20. The van der Waals surface area contributed by atoms with Gasteiger partial charge in [-0.3, -0.25) is 9.59 Å². The molecule has 2 heterocycles. The molecule has 0 saturated carbocycles. The Bertz CT molecular complexity index is 623. The van der Waals surface area contributed by atoms with Crippen molar-refractivity contribution in [1.29, 1.82) is 0 Å². The molecule has 2 aliphatic rings. The molecule has 5 nitrogen and oxygen atoms in total. The minimum Gasteiger partial charge on any atom is -0.340 e. The van der Waals surface area contributed by atoms with E-state index in [1.54, 1.807) is 28.0 Å². The SMILES string of the molecule is N[C@@H]1CCN(C(=O)C2CCN(c3ccc(Cl)c(Cl)c3)C2=O)C1. The Hall–Kier alpha value is -1.30. The first-order chi connectivity index (χ1) is 10.5. The Labute approximate surface area is 138 Å². The third kappa shape index (κ3) is 2.81. The Morgan fingerprint density at radius 3 is 2.59 bits per heavy atom. The lowest BCUT2D eigenvalue weighted by atomic mass is 10.1. The first kappa shape index (κ1) is 15.6. The smallest absolute Gasteiger partial charge is 0.239 e. The molecule has 1 unspecified atom stereocenters. The lowest BCUT2D eigenvalue weighted by Crippen LogP contribution is -2.40. The number of carbonyl (C=O) groups excluding carboxylic acids is 2. The molecule has 1 aromatic carbocycles. The van der Waals surface area contributed by atoms with Crippen molar-refractivity contribution in [3.05, 3.63) is 28.2 Å². The first-order valence-corrected chi connectivity index (χ1v) is 8.04. The van der Waals surface area contributed by atoms with Crippen LogP contribution in [0.15, 0.2) is 18.2 Å². The summed E-state index contributed by atoms with van der Waals surface area (Å²) in [5.41, 5.74) is 6.50. The highest BCUT2D eigenvalue weighted by molar-refractivity contribution is 6.42. The van der Waals surface area contributed by atoms with Gasteiger partial charge in [-0.2, -0.15) is 0 Å². The van der Waals surface area contributed by atoms with Gasteiger partial charge in [0.1, 0.15) is 5.92 Å². The molecule has 2 N–H and O–H groups in total. The summed E-state index contributed by atoms with van der Waals surface area (Å²) in [5, 5.41) is 0.836. The van der Waals surface area contributed by atoms with Gasteiger partial charge in [-0.05, 0) is 31.0 Å². The predicted molar refractivity (Wildman–Crippen MR) is 86.1 cm³/mol. The second-order valence-electron chi connectivity index (χ2n) is 5.76. The molecule has 2 atom stereocenters. The van der Waals surface area contributed by atoms with Crippen LogP contribution in [0.4, 0.5) is 5.69 Å². The molecule has 22 heavy (non-hydrogen) atoms. The maximum atomic E-state index is 12.6. The number of hydrogen-bond donors (Lipinski definition) is 1. The second kappa shape index (κ2) is 6.07. The van der Waals surface area contributed by atoms with Gasteiger partial charge in [0.2, 0.25) is 11.8 Å². The summed E-state index contributed by atoms with van der Waals surface area (Å²) >= 11 is 11.9. The number of anilines is 1. The Balaban J connectivity index is 1.74. The highest BCUT2D eigenvalue weighted by Crippen LogP contribution is 2.32. The van der Waals surface area contributed by atoms with Crippen molar-refractivity contribution in [2.45, 2.75) is 18.9 Å². The zero-order valence-electron chi connectivity index (χ0n) is 12.0. The summed E-state index contributed by atoms with van der Waals surface area (Å²) in [7, 11) is 0. The minimum absolute atomic E-state index is 0.0200. The average Bonchev–Trinajstić information content (AvgIpc) is 3.08. The molecule has 118 valence electrons. The highest BCUT2D eigenvalue weighted by Gasteiger charge is 2.41. The fraction of sp³-hybridized carbons (Fsp3) is 0.467. The number of rotatable bonds is 2. The first-order valence-electron chi connectivity index (χ1n) is 7.28. The average molecular weight is 342 g/mol. The number of benzene rings is 1. The van der Waals surface area contributed by atoms with E-state index in [4.69, 9.17) is 28.9 Å². The number of carbonyl (C=O) groups is 2. The van der Waals surface area contributed by atoms with Crippen LogP contribution in [0.25, 0.3) is 0 Å². The molecule has 1 aromatic rings. The van der Waals surface area contributed by atoms with Crippen molar-refractivity contribution < 1.29 is 9.59 Å². The Kier molecular flexibility index (Phi) is 4.30. The molecule has 2 amide bonds. The number of hydrogen-bond acceptors (Lipinski definition) is 3. The van der Waals surface area contributed by atoms with Crippen molar-refractivity contribution in [3.63, 3.8) is 0 Å². The lowest BCUT2D eigenvalue weighted by molar-refractivity contribution is -0.139. The van der Waals surface area contributed by atoms with Crippen molar-refractivity contribution in [1.82, 2.24) is 4.90 Å². The Morgan fingerprint density at radius 2 is 1.95 bits per heavy atom.